The van der Waals surface area contributed by atoms with Gasteiger partial charge in [0.25, 0.3) is 11.8 Å². The zero-order valence-electron chi connectivity index (χ0n) is 20.1. The van der Waals surface area contributed by atoms with Gasteiger partial charge in [0.2, 0.25) is 0 Å². The fraction of sp³-hybridized carbons (Fsp3) is 0.423. The highest BCUT2D eigenvalue weighted by molar-refractivity contribution is 5.95. The van der Waals surface area contributed by atoms with E-state index in [2.05, 4.69) is 10.3 Å². The number of benzene rings is 2. The normalized spacial score (nSPS) is 22.4. The summed E-state index contributed by atoms with van der Waals surface area (Å²) in [6.45, 7) is 1.09. The minimum atomic E-state index is -2.83. The first-order valence-electron chi connectivity index (χ1n) is 12.0. The Hall–Kier alpha value is -3.47. The summed E-state index contributed by atoms with van der Waals surface area (Å²) in [7, 11) is 0. The lowest BCUT2D eigenvalue weighted by molar-refractivity contribution is -0.149. The van der Waals surface area contributed by atoms with Crippen LogP contribution >= 0.6 is 0 Å². The molecule has 0 bridgehead atoms. The van der Waals surface area contributed by atoms with Crippen molar-refractivity contribution in [2.75, 3.05) is 13.1 Å². The molecule has 7 nitrogen and oxygen atoms in total. The molecule has 1 amide bonds. The maximum Gasteiger partial charge on any atom is 0.255 e. The van der Waals surface area contributed by atoms with Crippen molar-refractivity contribution in [3.8, 4) is 11.5 Å². The summed E-state index contributed by atoms with van der Waals surface area (Å²) in [5.41, 5.74) is -2.92. The third-order valence-corrected chi connectivity index (χ3v) is 7.28. The van der Waals surface area contributed by atoms with Crippen LogP contribution in [0.2, 0.25) is 0 Å². The summed E-state index contributed by atoms with van der Waals surface area (Å²) < 4.78 is 64.8. The van der Waals surface area contributed by atoms with E-state index in [0.29, 0.717) is 19.3 Å². The van der Waals surface area contributed by atoms with Crippen molar-refractivity contribution < 1.29 is 32.2 Å². The molecule has 3 aromatic rings. The van der Waals surface area contributed by atoms with Gasteiger partial charge in [0.15, 0.2) is 17.4 Å². The smallest absolute Gasteiger partial charge is 0.255 e. The van der Waals surface area contributed by atoms with E-state index in [1.54, 1.807) is 18.2 Å². The monoisotopic (exact) mass is 518 g/mol. The molecule has 2 aromatic carbocycles. The minimum absolute atomic E-state index is 0.0539. The average molecular weight is 519 g/mol. The number of hydrogen-bond donors (Lipinski definition) is 1. The number of hydrogen-bond acceptors (Lipinski definition) is 5. The van der Waals surface area contributed by atoms with Crippen LogP contribution in [0.25, 0.3) is 0 Å². The molecule has 1 saturated heterocycles. The number of amides is 1. The number of ether oxygens (including phenoxy) is 1. The first-order chi connectivity index (χ1) is 17.5. The molecule has 1 aliphatic carbocycles. The Morgan fingerprint density at radius 3 is 2.38 bits per heavy atom. The summed E-state index contributed by atoms with van der Waals surface area (Å²) in [6, 6.07) is 9.86. The quantitative estimate of drug-likeness (QED) is 0.469. The molecule has 5 rings (SSSR count). The van der Waals surface area contributed by atoms with E-state index in [4.69, 9.17) is 4.74 Å². The van der Waals surface area contributed by atoms with Crippen LogP contribution in [0.15, 0.2) is 48.7 Å². The summed E-state index contributed by atoms with van der Waals surface area (Å²) >= 11 is 0. The molecule has 0 spiro atoms. The second kappa shape index (κ2) is 9.13. The highest BCUT2D eigenvalue weighted by Crippen LogP contribution is 2.49. The van der Waals surface area contributed by atoms with Gasteiger partial charge < -0.3 is 14.7 Å². The number of nitrogens with zero attached hydrogens (tertiary/aromatic N) is 4. The van der Waals surface area contributed by atoms with E-state index in [-0.39, 0.29) is 43.1 Å². The van der Waals surface area contributed by atoms with E-state index in [1.165, 1.54) is 34.8 Å². The number of carbonyl (C=O) groups excluding carboxylic acids is 1. The Labute approximate surface area is 210 Å². The standard InChI is InChI=1S/C26H26F4N4O3/c1-24(9-5-6-10-26(24,29)30)14-34-13-21(31-32-34)25(36)15-33(16-25)23(35)17-11-19(27)22(20(28)12-17)37-18-7-3-2-4-8-18/h2-4,7-8,11-13,36H,5-6,9-10,14-16H2,1H3. The molecule has 196 valence electrons. The van der Waals surface area contributed by atoms with Gasteiger partial charge in [0.05, 0.1) is 31.2 Å². The van der Waals surface area contributed by atoms with Crippen LogP contribution in [0, 0.1) is 17.0 Å². The maximum atomic E-state index is 14.6. The van der Waals surface area contributed by atoms with Crippen LogP contribution < -0.4 is 4.74 Å². The lowest BCUT2D eigenvalue weighted by Gasteiger charge is -2.45. The number of halogens is 4. The van der Waals surface area contributed by atoms with Crippen LogP contribution in [0.5, 0.6) is 11.5 Å². The van der Waals surface area contributed by atoms with Gasteiger partial charge in [-0.25, -0.2) is 17.6 Å². The summed E-state index contributed by atoms with van der Waals surface area (Å²) in [5.74, 6) is -5.99. The number of β-amino-alcohol motifs (C(OH)–C–C–N with tert-alkyl or cyclic N) is 1. The predicted octanol–water partition coefficient (Wildman–Crippen LogP) is 4.91. The van der Waals surface area contributed by atoms with Crippen LogP contribution in [0.1, 0.15) is 48.7 Å². The Kier molecular flexibility index (Phi) is 6.21. The van der Waals surface area contributed by atoms with E-state index in [1.807, 2.05) is 0 Å². The van der Waals surface area contributed by atoms with Crippen molar-refractivity contribution in [3.63, 3.8) is 0 Å². The summed E-state index contributed by atoms with van der Waals surface area (Å²) in [4.78, 5) is 14.0. The van der Waals surface area contributed by atoms with Gasteiger partial charge in [0, 0.05) is 12.0 Å². The molecule has 1 aliphatic heterocycles. The first kappa shape index (κ1) is 25.2. The van der Waals surface area contributed by atoms with E-state index < -0.39 is 40.2 Å². The largest absolute Gasteiger partial charge is 0.451 e. The van der Waals surface area contributed by atoms with E-state index >= 15 is 0 Å². The van der Waals surface area contributed by atoms with Gasteiger partial charge >= 0.3 is 0 Å². The van der Waals surface area contributed by atoms with Crippen molar-refractivity contribution in [2.24, 2.45) is 5.41 Å². The van der Waals surface area contributed by atoms with Gasteiger partial charge in [-0.05, 0) is 37.1 Å². The SMILES string of the molecule is CC1(Cn2cc(C3(O)CN(C(=O)c4cc(F)c(Oc5ccccc5)c(F)c4)C3)nn2)CCCCC1(F)F. The van der Waals surface area contributed by atoms with Crippen molar-refractivity contribution in [1.29, 1.82) is 0 Å². The number of para-hydroxylation sites is 1. The van der Waals surface area contributed by atoms with Gasteiger partial charge in [-0.2, -0.15) is 0 Å². The molecule has 11 heteroatoms. The topological polar surface area (TPSA) is 80.5 Å². The minimum Gasteiger partial charge on any atom is -0.451 e. The Bertz CT molecular complexity index is 1290. The van der Waals surface area contributed by atoms with Crippen molar-refractivity contribution in [3.05, 3.63) is 71.6 Å². The number of alkyl halides is 2. The number of likely N-dealkylation sites (tertiary alicyclic amines) is 1. The third kappa shape index (κ3) is 4.68. The highest BCUT2D eigenvalue weighted by atomic mass is 19.3. The fourth-order valence-electron chi connectivity index (χ4n) is 4.95. The van der Waals surface area contributed by atoms with Gasteiger partial charge in [0.1, 0.15) is 17.0 Å². The lowest BCUT2D eigenvalue weighted by Crippen LogP contribution is -2.61. The van der Waals surface area contributed by atoms with E-state index in [9.17, 15) is 27.5 Å². The predicted molar refractivity (Wildman–Crippen MR) is 124 cm³/mol. The van der Waals surface area contributed by atoms with Crippen molar-refractivity contribution in [1.82, 2.24) is 19.9 Å². The molecule has 1 saturated carbocycles. The van der Waals surface area contributed by atoms with Gasteiger partial charge in [-0.3, -0.25) is 9.48 Å². The Morgan fingerprint density at radius 2 is 1.73 bits per heavy atom. The summed E-state index contributed by atoms with van der Waals surface area (Å²) in [5, 5.41) is 18.8. The second-order valence-corrected chi connectivity index (χ2v) is 10.2. The molecule has 1 atom stereocenters. The first-order valence-corrected chi connectivity index (χ1v) is 12.0. The molecule has 2 fully saturated rings. The average Bonchev–Trinajstić information content (AvgIpc) is 3.30. The molecular weight excluding hydrogens is 492 g/mol. The molecule has 1 aromatic heterocycles. The second-order valence-electron chi connectivity index (χ2n) is 10.2. The summed E-state index contributed by atoms with van der Waals surface area (Å²) in [6.07, 6.45) is 2.77. The Balaban J connectivity index is 1.25. The number of carbonyl (C=O) groups is 1. The maximum absolute atomic E-state index is 14.6. The van der Waals surface area contributed by atoms with Gasteiger partial charge in [-0.15, -0.1) is 5.10 Å². The molecule has 2 aliphatic rings. The molecule has 1 unspecified atom stereocenters. The lowest BCUT2D eigenvalue weighted by atomic mass is 9.72. The molecular formula is C26H26F4N4O3. The van der Waals surface area contributed by atoms with Crippen LogP contribution in [-0.4, -0.2) is 49.9 Å². The van der Waals surface area contributed by atoms with Crippen LogP contribution in [-0.2, 0) is 12.1 Å². The Morgan fingerprint density at radius 1 is 1.08 bits per heavy atom. The van der Waals surface area contributed by atoms with Gasteiger partial charge in [-0.1, -0.05) is 36.8 Å². The van der Waals surface area contributed by atoms with Crippen LogP contribution in [0.4, 0.5) is 17.6 Å². The van der Waals surface area contributed by atoms with Crippen molar-refractivity contribution in [2.45, 2.75) is 50.7 Å². The fourth-order valence-corrected chi connectivity index (χ4v) is 4.95. The molecule has 0 radical (unpaired) electrons. The molecule has 37 heavy (non-hydrogen) atoms. The van der Waals surface area contributed by atoms with E-state index in [0.717, 1.165) is 12.1 Å². The number of aliphatic hydroxyl groups is 1. The van der Waals surface area contributed by atoms with Crippen molar-refractivity contribution >= 4 is 5.91 Å². The number of aromatic nitrogens is 3. The molecule has 2 heterocycles. The zero-order valence-corrected chi connectivity index (χ0v) is 20.1. The molecule has 1 N–H and O–H groups in total. The van der Waals surface area contributed by atoms with Crippen LogP contribution in [0.3, 0.4) is 0 Å². The number of rotatable bonds is 6. The third-order valence-electron chi connectivity index (χ3n) is 7.28. The zero-order chi connectivity index (χ0) is 26.4. The highest BCUT2D eigenvalue weighted by Gasteiger charge is 2.52.